The first-order valence-electron chi connectivity index (χ1n) is 8.21. The molecule has 0 radical (unpaired) electrons. The lowest BCUT2D eigenvalue weighted by Crippen LogP contribution is -2.39. The Balaban J connectivity index is 1.65. The summed E-state index contributed by atoms with van der Waals surface area (Å²) >= 11 is 0.887. The fraction of sp³-hybridized carbons (Fsp3) is 0.278. The zero-order valence-corrected chi connectivity index (χ0v) is 15.6. The lowest BCUT2D eigenvalue weighted by molar-refractivity contribution is -0.161. The van der Waals surface area contributed by atoms with Crippen LogP contribution in [0.15, 0.2) is 56.7 Å². The summed E-state index contributed by atoms with van der Waals surface area (Å²) in [5, 5.41) is 7.89. The highest BCUT2D eigenvalue weighted by molar-refractivity contribution is 7.99. The molecule has 28 heavy (non-hydrogen) atoms. The summed E-state index contributed by atoms with van der Waals surface area (Å²) in [4.78, 5) is 13.0. The molecule has 0 fully saturated rings. The molecular weight excluding hydrogens is 395 g/mol. The molecule has 6 nitrogen and oxygen atoms in total. The van der Waals surface area contributed by atoms with Gasteiger partial charge in [0.05, 0.1) is 18.6 Å². The van der Waals surface area contributed by atoms with Crippen molar-refractivity contribution in [2.45, 2.75) is 24.9 Å². The van der Waals surface area contributed by atoms with Gasteiger partial charge in [0.15, 0.2) is 0 Å². The monoisotopic (exact) mass is 411 g/mol. The molecule has 0 saturated carbocycles. The zero-order valence-electron chi connectivity index (χ0n) is 14.8. The Bertz CT molecular complexity index is 926. The second-order valence-electron chi connectivity index (χ2n) is 5.92. The van der Waals surface area contributed by atoms with Crippen LogP contribution in [0.3, 0.4) is 0 Å². The Morgan fingerprint density at radius 1 is 1.18 bits per heavy atom. The van der Waals surface area contributed by atoms with Crippen LogP contribution in [0.4, 0.5) is 13.2 Å². The first kappa shape index (κ1) is 20.0. The minimum Gasteiger partial charge on any atom is -0.467 e. The van der Waals surface area contributed by atoms with Gasteiger partial charge in [-0.25, -0.2) is 0 Å². The SMILES string of the molecule is Cc1ccccc1-c1nnc(SCC(=O)N(Cc2ccco2)CC(F)(F)F)o1. The third kappa shape index (κ3) is 5.38. The number of hydrogen-bond acceptors (Lipinski definition) is 6. The van der Waals surface area contributed by atoms with Crippen LogP contribution in [0, 0.1) is 6.92 Å². The second kappa shape index (κ2) is 8.51. The highest BCUT2D eigenvalue weighted by Gasteiger charge is 2.33. The molecule has 1 aromatic carbocycles. The van der Waals surface area contributed by atoms with Crippen molar-refractivity contribution in [2.75, 3.05) is 12.3 Å². The number of aromatic nitrogens is 2. The number of thioether (sulfide) groups is 1. The van der Waals surface area contributed by atoms with Crippen LogP contribution in [0.25, 0.3) is 11.5 Å². The number of alkyl halides is 3. The normalized spacial score (nSPS) is 11.6. The van der Waals surface area contributed by atoms with E-state index in [0.717, 1.165) is 22.9 Å². The predicted molar refractivity (Wildman–Crippen MR) is 95.4 cm³/mol. The number of rotatable bonds is 7. The highest BCUT2D eigenvalue weighted by atomic mass is 32.2. The van der Waals surface area contributed by atoms with Crippen LogP contribution in [0.1, 0.15) is 11.3 Å². The van der Waals surface area contributed by atoms with Crippen LogP contribution in [0.2, 0.25) is 0 Å². The van der Waals surface area contributed by atoms with E-state index in [1.54, 1.807) is 6.07 Å². The van der Waals surface area contributed by atoms with E-state index in [1.165, 1.54) is 12.3 Å². The fourth-order valence-corrected chi connectivity index (χ4v) is 3.11. The fourth-order valence-electron chi connectivity index (χ4n) is 2.44. The van der Waals surface area contributed by atoms with Crippen molar-refractivity contribution in [2.24, 2.45) is 0 Å². The van der Waals surface area contributed by atoms with Crippen LogP contribution in [-0.2, 0) is 11.3 Å². The van der Waals surface area contributed by atoms with Gasteiger partial charge in [-0.3, -0.25) is 4.79 Å². The number of benzene rings is 1. The molecule has 0 aliphatic carbocycles. The highest BCUT2D eigenvalue weighted by Crippen LogP contribution is 2.26. The third-order valence-electron chi connectivity index (χ3n) is 3.75. The molecule has 1 amide bonds. The Hall–Kier alpha value is -2.75. The average Bonchev–Trinajstić information content (AvgIpc) is 3.30. The van der Waals surface area contributed by atoms with Gasteiger partial charge >= 0.3 is 6.18 Å². The van der Waals surface area contributed by atoms with Gasteiger partial charge in [0, 0.05) is 5.56 Å². The molecular formula is C18H16F3N3O3S. The predicted octanol–water partition coefficient (Wildman–Crippen LogP) is 4.32. The zero-order chi connectivity index (χ0) is 20.1. The second-order valence-corrected chi connectivity index (χ2v) is 6.85. The molecule has 0 atom stereocenters. The van der Waals surface area contributed by atoms with E-state index in [2.05, 4.69) is 10.2 Å². The molecule has 10 heteroatoms. The Kier molecular flexibility index (Phi) is 6.08. The van der Waals surface area contributed by atoms with Gasteiger partial charge < -0.3 is 13.7 Å². The first-order chi connectivity index (χ1) is 13.3. The van der Waals surface area contributed by atoms with Gasteiger partial charge in [0.25, 0.3) is 5.22 Å². The van der Waals surface area contributed by atoms with E-state index in [0.29, 0.717) is 4.90 Å². The van der Waals surface area contributed by atoms with E-state index in [1.807, 2.05) is 31.2 Å². The van der Waals surface area contributed by atoms with Gasteiger partial charge in [0.2, 0.25) is 11.8 Å². The van der Waals surface area contributed by atoms with Crippen LogP contribution in [0.5, 0.6) is 0 Å². The van der Waals surface area contributed by atoms with Crippen molar-refractivity contribution in [1.29, 1.82) is 0 Å². The average molecular weight is 411 g/mol. The Morgan fingerprint density at radius 3 is 2.64 bits per heavy atom. The molecule has 0 aliphatic heterocycles. The molecule has 0 aliphatic rings. The van der Waals surface area contributed by atoms with Crippen molar-refractivity contribution in [3.63, 3.8) is 0 Å². The number of carbonyl (C=O) groups excluding carboxylic acids is 1. The van der Waals surface area contributed by atoms with E-state index >= 15 is 0 Å². The maximum atomic E-state index is 12.8. The smallest absolute Gasteiger partial charge is 0.406 e. The van der Waals surface area contributed by atoms with Gasteiger partial charge in [-0.05, 0) is 30.7 Å². The quantitative estimate of drug-likeness (QED) is 0.539. The number of carbonyl (C=O) groups is 1. The van der Waals surface area contributed by atoms with Crippen molar-refractivity contribution in [1.82, 2.24) is 15.1 Å². The van der Waals surface area contributed by atoms with Crippen LogP contribution in [-0.4, -0.2) is 39.5 Å². The Labute approximate surface area is 162 Å². The lowest BCUT2D eigenvalue weighted by atomic mass is 10.1. The number of amides is 1. The molecule has 0 N–H and O–H groups in total. The van der Waals surface area contributed by atoms with E-state index in [4.69, 9.17) is 8.83 Å². The molecule has 148 valence electrons. The number of halogens is 3. The molecule has 0 unspecified atom stereocenters. The Morgan fingerprint density at radius 2 is 1.96 bits per heavy atom. The summed E-state index contributed by atoms with van der Waals surface area (Å²) in [6.45, 7) is 0.245. The van der Waals surface area contributed by atoms with Crippen LogP contribution >= 0.6 is 11.8 Å². The largest absolute Gasteiger partial charge is 0.467 e. The molecule has 0 bridgehead atoms. The summed E-state index contributed by atoms with van der Waals surface area (Å²) in [5.74, 6) is -0.431. The standard InChI is InChI=1S/C18H16F3N3O3S/c1-12-5-2-3-7-14(12)16-22-23-17(27-16)28-10-15(25)24(11-18(19,20)21)9-13-6-4-8-26-13/h2-8H,9-11H2,1H3. The van der Waals surface area contributed by atoms with Crippen molar-refractivity contribution in [3.05, 3.63) is 54.0 Å². The van der Waals surface area contributed by atoms with Crippen molar-refractivity contribution >= 4 is 17.7 Å². The van der Waals surface area contributed by atoms with Gasteiger partial charge in [-0.2, -0.15) is 13.2 Å². The molecule has 3 rings (SSSR count). The minimum atomic E-state index is -4.52. The van der Waals surface area contributed by atoms with E-state index in [9.17, 15) is 18.0 Å². The summed E-state index contributed by atoms with van der Waals surface area (Å²) < 4.78 is 49.0. The van der Waals surface area contributed by atoms with Crippen LogP contribution < -0.4 is 0 Å². The summed E-state index contributed by atoms with van der Waals surface area (Å²) in [7, 11) is 0. The first-order valence-corrected chi connectivity index (χ1v) is 9.19. The third-order valence-corrected chi connectivity index (χ3v) is 4.55. The number of hydrogen-bond donors (Lipinski definition) is 0. The lowest BCUT2D eigenvalue weighted by Gasteiger charge is -2.22. The van der Waals surface area contributed by atoms with E-state index in [-0.39, 0.29) is 29.2 Å². The number of furan rings is 1. The number of aryl methyl sites for hydroxylation is 1. The molecule has 2 aromatic heterocycles. The maximum absolute atomic E-state index is 12.8. The van der Waals surface area contributed by atoms with Crippen molar-refractivity contribution < 1.29 is 26.8 Å². The topological polar surface area (TPSA) is 72.4 Å². The van der Waals surface area contributed by atoms with Gasteiger partial charge in [-0.15, -0.1) is 10.2 Å². The summed E-state index contributed by atoms with van der Waals surface area (Å²) in [6, 6.07) is 10.5. The van der Waals surface area contributed by atoms with Crippen molar-refractivity contribution in [3.8, 4) is 11.5 Å². The molecule has 0 spiro atoms. The minimum absolute atomic E-state index is 0.108. The molecule has 0 saturated heterocycles. The van der Waals surface area contributed by atoms with Gasteiger partial charge in [-0.1, -0.05) is 30.0 Å². The van der Waals surface area contributed by atoms with Gasteiger partial charge in [0.1, 0.15) is 12.3 Å². The maximum Gasteiger partial charge on any atom is 0.406 e. The molecule has 3 aromatic rings. The molecule has 2 heterocycles. The van der Waals surface area contributed by atoms with E-state index < -0.39 is 18.6 Å². The number of nitrogens with zero attached hydrogens (tertiary/aromatic N) is 3. The summed E-state index contributed by atoms with van der Waals surface area (Å²) in [5.41, 5.74) is 1.69. The summed E-state index contributed by atoms with van der Waals surface area (Å²) in [6.07, 6.45) is -3.18.